The van der Waals surface area contributed by atoms with E-state index < -0.39 is 6.10 Å². The quantitative estimate of drug-likeness (QED) is 0.767. The van der Waals surface area contributed by atoms with Gasteiger partial charge in [0.05, 0.1) is 5.02 Å². The van der Waals surface area contributed by atoms with E-state index in [0.29, 0.717) is 22.3 Å². The molecule has 0 saturated heterocycles. The molecule has 0 aliphatic rings. The molecule has 0 aromatic heterocycles. The molecular formula is C15H24Cl2N2O2. The SMILES string of the molecule is CN(C)C(C)(C)CNCC(O)COc1cc(Cl)ccc1Cl. The lowest BCUT2D eigenvalue weighted by Crippen LogP contribution is -2.48. The predicted octanol–water partition coefficient (Wildman–Crippen LogP) is 2.66. The van der Waals surface area contributed by atoms with Crippen molar-refractivity contribution < 1.29 is 9.84 Å². The van der Waals surface area contributed by atoms with Crippen molar-refractivity contribution in [3.8, 4) is 5.75 Å². The molecule has 1 aromatic carbocycles. The van der Waals surface area contributed by atoms with Crippen molar-refractivity contribution in [1.82, 2.24) is 10.2 Å². The first-order valence-corrected chi connectivity index (χ1v) is 7.62. The average Bonchev–Trinajstić information content (AvgIpc) is 2.39. The number of rotatable bonds is 8. The van der Waals surface area contributed by atoms with Gasteiger partial charge in [-0.25, -0.2) is 0 Å². The number of hydrogen-bond donors (Lipinski definition) is 2. The van der Waals surface area contributed by atoms with Crippen molar-refractivity contribution in [2.24, 2.45) is 0 Å². The molecule has 0 aliphatic heterocycles. The van der Waals surface area contributed by atoms with Gasteiger partial charge in [0.25, 0.3) is 0 Å². The first kappa shape index (κ1) is 18.5. The molecule has 2 N–H and O–H groups in total. The van der Waals surface area contributed by atoms with Crippen molar-refractivity contribution in [3.63, 3.8) is 0 Å². The predicted molar refractivity (Wildman–Crippen MR) is 88.6 cm³/mol. The van der Waals surface area contributed by atoms with Crippen molar-refractivity contribution in [2.45, 2.75) is 25.5 Å². The molecule has 0 heterocycles. The molecule has 0 radical (unpaired) electrons. The second kappa shape index (κ2) is 8.20. The molecular weight excluding hydrogens is 311 g/mol. The van der Waals surface area contributed by atoms with Crippen molar-refractivity contribution in [3.05, 3.63) is 28.2 Å². The molecule has 0 aliphatic carbocycles. The van der Waals surface area contributed by atoms with E-state index in [4.69, 9.17) is 27.9 Å². The number of nitrogens with zero attached hydrogens (tertiary/aromatic N) is 1. The molecule has 0 amide bonds. The second-order valence-corrected chi connectivity index (χ2v) is 6.72. The molecule has 1 unspecified atom stereocenters. The van der Waals surface area contributed by atoms with Crippen LogP contribution in [0.15, 0.2) is 18.2 Å². The zero-order chi connectivity index (χ0) is 16.0. The lowest BCUT2D eigenvalue weighted by molar-refractivity contribution is 0.100. The maximum absolute atomic E-state index is 9.93. The summed E-state index contributed by atoms with van der Waals surface area (Å²) >= 11 is 11.9. The maximum Gasteiger partial charge on any atom is 0.139 e. The minimum Gasteiger partial charge on any atom is -0.489 e. The second-order valence-electron chi connectivity index (χ2n) is 5.88. The average molecular weight is 335 g/mol. The number of ether oxygens (including phenoxy) is 1. The Morgan fingerprint density at radius 2 is 2.00 bits per heavy atom. The van der Waals surface area contributed by atoms with Gasteiger partial charge >= 0.3 is 0 Å². The third-order valence-electron chi connectivity index (χ3n) is 3.47. The van der Waals surface area contributed by atoms with Crippen LogP contribution in [0.4, 0.5) is 0 Å². The van der Waals surface area contributed by atoms with Crippen LogP contribution >= 0.6 is 23.2 Å². The summed E-state index contributed by atoms with van der Waals surface area (Å²) in [6.07, 6.45) is -0.613. The fraction of sp³-hybridized carbons (Fsp3) is 0.600. The number of aliphatic hydroxyl groups is 1. The summed E-state index contributed by atoms with van der Waals surface area (Å²) in [7, 11) is 4.06. The van der Waals surface area contributed by atoms with E-state index in [2.05, 4.69) is 24.1 Å². The Bertz CT molecular complexity index is 453. The van der Waals surface area contributed by atoms with Gasteiger partial charge in [-0.3, -0.25) is 0 Å². The molecule has 0 bridgehead atoms. The maximum atomic E-state index is 9.93. The zero-order valence-electron chi connectivity index (χ0n) is 13.0. The van der Waals surface area contributed by atoms with Gasteiger partial charge in [-0.1, -0.05) is 23.2 Å². The molecule has 0 fully saturated rings. The Morgan fingerprint density at radius 1 is 1.33 bits per heavy atom. The monoisotopic (exact) mass is 334 g/mol. The fourth-order valence-corrected chi connectivity index (χ4v) is 1.87. The molecule has 120 valence electrons. The summed E-state index contributed by atoms with van der Waals surface area (Å²) in [5.74, 6) is 0.483. The summed E-state index contributed by atoms with van der Waals surface area (Å²) in [4.78, 5) is 2.13. The molecule has 0 saturated carbocycles. The van der Waals surface area contributed by atoms with Crippen LogP contribution in [0.2, 0.25) is 10.0 Å². The highest BCUT2D eigenvalue weighted by Crippen LogP contribution is 2.27. The van der Waals surface area contributed by atoms with E-state index in [1.165, 1.54) is 0 Å². The minimum atomic E-state index is -0.613. The van der Waals surface area contributed by atoms with Gasteiger partial charge < -0.3 is 20.1 Å². The standard InChI is InChI=1S/C15H24Cl2N2O2/c1-15(2,19(3)4)10-18-8-12(20)9-21-14-7-11(16)5-6-13(14)17/h5-7,12,18,20H,8-10H2,1-4H3. The third-order valence-corrected chi connectivity index (χ3v) is 4.02. The minimum absolute atomic E-state index is 0.0246. The molecule has 4 nitrogen and oxygen atoms in total. The normalized spacial score (nSPS) is 13.5. The zero-order valence-corrected chi connectivity index (χ0v) is 14.5. The van der Waals surface area contributed by atoms with Gasteiger partial charge in [0.15, 0.2) is 0 Å². The molecule has 1 atom stereocenters. The highest BCUT2D eigenvalue weighted by atomic mass is 35.5. The Balaban J connectivity index is 2.34. The van der Waals surface area contributed by atoms with Gasteiger partial charge in [-0.15, -0.1) is 0 Å². The number of hydrogen-bond acceptors (Lipinski definition) is 4. The molecule has 1 aromatic rings. The molecule has 1 rings (SSSR count). The topological polar surface area (TPSA) is 44.7 Å². The highest BCUT2D eigenvalue weighted by Gasteiger charge is 2.20. The summed E-state index contributed by atoms with van der Waals surface area (Å²) < 4.78 is 5.49. The Hall–Kier alpha value is -0.520. The van der Waals surface area contributed by atoms with E-state index in [1.807, 2.05) is 14.1 Å². The lowest BCUT2D eigenvalue weighted by atomic mass is 10.0. The third kappa shape index (κ3) is 6.41. The van der Waals surface area contributed by atoms with Crippen LogP contribution in [0.1, 0.15) is 13.8 Å². The van der Waals surface area contributed by atoms with E-state index in [-0.39, 0.29) is 12.1 Å². The molecule has 21 heavy (non-hydrogen) atoms. The number of likely N-dealkylation sites (N-methyl/N-ethyl adjacent to an activating group) is 1. The van der Waals surface area contributed by atoms with Crippen LogP contribution in [-0.2, 0) is 0 Å². The molecule has 0 spiro atoms. The van der Waals surface area contributed by atoms with Crippen LogP contribution in [0.5, 0.6) is 5.75 Å². The highest BCUT2D eigenvalue weighted by molar-refractivity contribution is 6.34. The number of aliphatic hydroxyl groups excluding tert-OH is 1. The first-order chi connectivity index (χ1) is 9.72. The van der Waals surface area contributed by atoms with Gasteiger partial charge in [-0.05, 0) is 40.1 Å². The number of halogens is 2. The van der Waals surface area contributed by atoms with Gasteiger partial charge in [0, 0.05) is 29.7 Å². The van der Waals surface area contributed by atoms with E-state index >= 15 is 0 Å². The van der Waals surface area contributed by atoms with Crippen molar-refractivity contribution in [1.29, 1.82) is 0 Å². The summed E-state index contributed by atoms with van der Waals surface area (Å²) in [6.45, 7) is 5.66. The summed E-state index contributed by atoms with van der Waals surface area (Å²) in [5.41, 5.74) is 0.0246. The summed E-state index contributed by atoms with van der Waals surface area (Å²) in [6, 6.07) is 5.00. The van der Waals surface area contributed by atoms with Crippen LogP contribution in [-0.4, -0.2) is 55.4 Å². The van der Waals surface area contributed by atoms with E-state index in [9.17, 15) is 5.11 Å². The van der Waals surface area contributed by atoms with Crippen LogP contribution in [0.25, 0.3) is 0 Å². The van der Waals surface area contributed by atoms with E-state index in [1.54, 1.807) is 18.2 Å². The molecule has 6 heteroatoms. The fourth-order valence-electron chi connectivity index (χ4n) is 1.54. The van der Waals surface area contributed by atoms with Gasteiger partial charge in [-0.2, -0.15) is 0 Å². The van der Waals surface area contributed by atoms with Gasteiger partial charge in [0.1, 0.15) is 18.5 Å². The number of benzene rings is 1. The number of nitrogens with one attached hydrogen (secondary N) is 1. The van der Waals surface area contributed by atoms with E-state index in [0.717, 1.165) is 6.54 Å². The Labute approximate surface area is 137 Å². The van der Waals surface area contributed by atoms with Crippen molar-refractivity contribution >= 4 is 23.2 Å². The smallest absolute Gasteiger partial charge is 0.139 e. The summed E-state index contributed by atoms with van der Waals surface area (Å²) in [5, 5.41) is 14.2. The van der Waals surface area contributed by atoms with Gasteiger partial charge in [0.2, 0.25) is 0 Å². The van der Waals surface area contributed by atoms with Crippen LogP contribution in [0, 0.1) is 0 Å². The van der Waals surface area contributed by atoms with Crippen LogP contribution in [0.3, 0.4) is 0 Å². The Morgan fingerprint density at radius 3 is 2.62 bits per heavy atom. The lowest BCUT2D eigenvalue weighted by Gasteiger charge is -2.33. The van der Waals surface area contributed by atoms with Crippen molar-refractivity contribution in [2.75, 3.05) is 33.8 Å². The first-order valence-electron chi connectivity index (χ1n) is 6.86. The largest absolute Gasteiger partial charge is 0.489 e. The van der Waals surface area contributed by atoms with Crippen LogP contribution < -0.4 is 10.1 Å². The Kier molecular flexibility index (Phi) is 7.24.